The molecule has 18 heavy (non-hydrogen) atoms. The Morgan fingerprint density at radius 3 is 1.17 bits per heavy atom. The summed E-state index contributed by atoms with van der Waals surface area (Å²) in [4.78, 5) is 4.85. The van der Waals surface area contributed by atoms with Crippen molar-refractivity contribution in [3.8, 4) is 0 Å². The number of hydrogen-bond acceptors (Lipinski definition) is 2. The molecule has 2 nitrogen and oxygen atoms in total. The highest BCUT2D eigenvalue weighted by Gasteiger charge is 1.94. The van der Waals surface area contributed by atoms with Crippen molar-refractivity contribution in [3.05, 3.63) is 24.3 Å². The molecule has 0 aromatic carbocycles. The standard InChI is InChI=1S/C16H32N2/c1-5-17(6-2)15-13-11-9-10-12-14-16-18(7-3)8-4/h11-14H,5-10,15-16H2,1-4H3/b13-11-,14-12-. The second kappa shape index (κ2) is 12.8. The number of likely N-dealkylation sites (N-methyl/N-ethyl adjacent to an activating group) is 2. The van der Waals surface area contributed by atoms with Crippen molar-refractivity contribution in [2.24, 2.45) is 0 Å². The van der Waals surface area contributed by atoms with Gasteiger partial charge in [-0.1, -0.05) is 52.0 Å². The Hall–Kier alpha value is -0.600. The van der Waals surface area contributed by atoms with Crippen molar-refractivity contribution in [2.75, 3.05) is 39.3 Å². The van der Waals surface area contributed by atoms with Crippen molar-refractivity contribution in [3.63, 3.8) is 0 Å². The van der Waals surface area contributed by atoms with E-state index in [-0.39, 0.29) is 0 Å². The second-order valence-electron chi connectivity index (χ2n) is 4.49. The highest BCUT2D eigenvalue weighted by molar-refractivity contribution is 4.90. The summed E-state index contributed by atoms with van der Waals surface area (Å²) in [5.41, 5.74) is 0. The van der Waals surface area contributed by atoms with Crippen LogP contribution in [0.5, 0.6) is 0 Å². The van der Waals surface area contributed by atoms with E-state index in [1.165, 1.54) is 0 Å². The van der Waals surface area contributed by atoms with Crippen molar-refractivity contribution in [1.82, 2.24) is 9.80 Å². The first kappa shape index (κ1) is 17.4. The van der Waals surface area contributed by atoms with Gasteiger partial charge >= 0.3 is 0 Å². The lowest BCUT2D eigenvalue weighted by atomic mass is 10.2. The average Bonchev–Trinajstić information content (AvgIpc) is 2.41. The van der Waals surface area contributed by atoms with E-state index in [0.29, 0.717) is 0 Å². The number of hydrogen-bond donors (Lipinski definition) is 0. The molecule has 0 aromatic rings. The van der Waals surface area contributed by atoms with Gasteiger partial charge in [0.15, 0.2) is 0 Å². The van der Waals surface area contributed by atoms with Crippen LogP contribution in [0.2, 0.25) is 0 Å². The van der Waals surface area contributed by atoms with Gasteiger partial charge in [0.2, 0.25) is 0 Å². The van der Waals surface area contributed by atoms with Crippen LogP contribution in [-0.4, -0.2) is 49.1 Å². The monoisotopic (exact) mass is 252 g/mol. The van der Waals surface area contributed by atoms with Crippen LogP contribution in [0, 0.1) is 0 Å². The fourth-order valence-electron chi connectivity index (χ4n) is 1.84. The van der Waals surface area contributed by atoms with E-state index in [0.717, 1.165) is 52.1 Å². The molecule has 0 spiro atoms. The molecule has 0 aliphatic heterocycles. The van der Waals surface area contributed by atoms with E-state index in [1.807, 2.05) is 0 Å². The summed E-state index contributed by atoms with van der Waals surface area (Å²) in [5.74, 6) is 0. The van der Waals surface area contributed by atoms with Crippen LogP contribution in [0.3, 0.4) is 0 Å². The van der Waals surface area contributed by atoms with Crippen LogP contribution in [0.15, 0.2) is 24.3 Å². The lowest BCUT2D eigenvalue weighted by Gasteiger charge is -2.15. The molecule has 0 aliphatic rings. The zero-order valence-electron chi connectivity index (χ0n) is 12.9. The minimum atomic E-state index is 1.09. The first-order chi connectivity index (χ1) is 8.78. The van der Waals surface area contributed by atoms with E-state index in [9.17, 15) is 0 Å². The van der Waals surface area contributed by atoms with Crippen molar-refractivity contribution in [1.29, 1.82) is 0 Å². The molecular weight excluding hydrogens is 220 g/mol. The maximum absolute atomic E-state index is 2.42. The number of unbranched alkanes of at least 4 members (excludes halogenated alkanes) is 1. The summed E-state index contributed by atoms with van der Waals surface area (Å²) in [7, 11) is 0. The molecule has 0 rings (SSSR count). The Morgan fingerprint density at radius 2 is 0.889 bits per heavy atom. The molecule has 0 unspecified atom stereocenters. The van der Waals surface area contributed by atoms with E-state index >= 15 is 0 Å². The van der Waals surface area contributed by atoms with E-state index in [2.05, 4.69) is 61.8 Å². The molecule has 0 bridgehead atoms. The minimum Gasteiger partial charge on any atom is -0.300 e. The van der Waals surface area contributed by atoms with Crippen LogP contribution >= 0.6 is 0 Å². The third-order valence-electron chi connectivity index (χ3n) is 3.35. The number of allylic oxidation sites excluding steroid dienone is 2. The molecule has 106 valence electrons. The van der Waals surface area contributed by atoms with Crippen LogP contribution in [0.25, 0.3) is 0 Å². The summed E-state index contributed by atoms with van der Waals surface area (Å²) in [6.07, 6.45) is 11.5. The number of nitrogens with zero attached hydrogens (tertiary/aromatic N) is 2. The lowest BCUT2D eigenvalue weighted by Crippen LogP contribution is -2.22. The van der Waals surface area contributed by atoms with Crippen LogP contribution in [0.4, 0.5) is 0 Å². The SMILES string of the molecule is CCN(CC)C/C=C\CC/C=C\CN(CC)CC. The first-order valence-corrected chi connectivity index (χ1v) is 7.53. The van der Waals surface area contributed by atoms with Gasteiger partial charge in [-0.05, 0) is 39.0 Å². The van der Waals surface area contributed by atoms with Gasteiger partial charge in [0.25, 0.3) is 0 Å². The zero-order chi connectivity index (χ0) is 13.6. The van der Waals surface area contributed by atoms with Gasteiger partial charge in [-0.25, -0.2) is 0 Å². The predicted molar refractivity (Wildman–Crippen MR) is 83.1 cm³/mol. The predicted octanol–water partition coefficient (Wildman–Crippen LogP) is 3.56. The van der Waals surface area contributed by atoms with Crippen molar-refractivity contribution in [2.45, 2.75) is 40.5 Å². The van der Waals surface area contributed by atoms with Crippen molar-refractivity contribution < 1.29 is 0 Å². The lowest BCUT2D eigenvalue weighted by molar-refractivity contribution is 0.337. The molecular formula is C16H32N2. The van der Waals surface area contributed by atoms with Gasteiger partial charge in [-0.15, -0.1) is 0 Å². The molecule has 2 heteroatoms. The molecule has 0 saturated heterocycles. The average molecular weight is 252 g/mol. The van der Waals surface area contributed by atoms with Gasteiger partial charge in [-0.3, -0.25) is 0 Å². The Kier molecular flexibility index (Phi) is 12.4. The fraction of sp³-hybridized carbons (Fsp3) is 0.750. The van der Waals surface area contributed by atoms with E-state index in [4.69, 9.17) is 0 Å². The smallest absolute Gasteiger partial charge is 0.0162 e. The van der Waals surface area contributed by atoms with Gasteiger partial charge < -0.3 is 9.80 Å². The molecule has 0 amide bonds. The summed E-state index contributed by atoms with van der Waals surface area (Å²) in [6.45, 7) is 15.6. The van der Waals surface area contributed by atoms with E-state index in [1.54, 1.807) is 0 Å². The Bertz CT molecular complexity index is 189. The fourth-order valence-corrected chi connectivity index (χ4v) is 1.84. The maximum atomic E-state index is 2.42. The zero-order valence-corrected chi connectivity index (χ0v) is 12.9. The van der Waals surface area contributed by atoms with Crippen LogP contribution in [0.1, 0.15) is 40.5 Å². The van der Waals surface area contributed by atoms with Gasteiger partial charge in [0.1, 0.15) is 0 Å². The molecule has 0 heterocycles. The van der Waals surface area contributed by atoms with Crippen molar-refractivity contribution >= 4 is 0 Å². The topological polar surface area (TPSA) is 6.48 Å². The Balaban J connectivity index is 3.54. The second-order valence-corrected chi connectivity index (χ2v) is 4.49. The molecule has 0 saturated carbocycles. The molecule has 0 N–H and O–H groups in total. The van der Waals surface area contributed by atoms with Gasteiger partial charge in [0.05, 0.1) is 0 Å². The third kappa shape index (κ3) is 9.43. The quantitative estimate of drug-likeness (QED) is 0.410. The van der Waals surface area contributed by atoms with Crippen LogP contribution < -0.4 is 0 Å². The third-order valence-corrected chi connectivity index (χ3v) is 3.35. The molecule has 0 fully saturated rings. The molecule has 0 atom stereocenters. The number of rotatable bonds is 11. The van der Waals surface area contributed by atoms with Gasteiger partial charge in [0, 0.05) is 13.1 Å². The minimum absolute atomic E-state index is 1.09. The summed E-state index contributed by atoms with van der Waals surface area (Å²) in [5, 5.41) is 0. The largest absolute Gasteiger partial charge is 0.300 e. The summed E-state index contributed by atoms with van der Waals surface area (Å²) >= 11 is 0. The van der Waals surface area contributed by atoms with E-state index < -0.39 is 0 Å². The highest BCUT2D eigenvalue weighted by atomic mass is 15.1. The Morgan fingerprint density at radius 1 is 0.556 bits per heavy atom. The first-order valence-electron chi connectivity index (χ1n) is 7.53. The maximum Gasteiger partial charge on any atom is 0.0162 e. The normalized spacial score (nSPS) is 12.6. The van der Waals surface area contributed by atoms with Crippen LogP contribution in [-0.2, 0) is 0 Å². The highest BCUT2D eigenvalue weighted by Crippen LogP contribution is 1.96. The summed E-state index contributed by atoms with van der Waals surface area (Å²) in [6, 6.07) is 0. The molecule has 0 aliphatic carbocycles. The molecule has 0 radical (unpaired) electrons. The Labute approximate surface area is 114 Å². The van der Waals surface area contributed by atoms with Gasteiger partial charge in [-0.2, -0.15) is 0 Å². The molecule has 0 aromatic heterocycles. The summed E-state index contributed by atoms with van der Waals surface area (Å²) < 4.78 is 0.